The van der Waals surface area contributed by atoms with E-state index in [9.17, 15) is 14.9 Å². The highest BCUT2D eigenvalue weighted by Gasteiger charge is 2.17. The second-order valence-corrected chi connectivity index (χ2v) is 5.52. The number of benzene rings is 2. The molecule has 0 radical (unpaired) electrons. The second-order valence-electron chi connectivity index (χ2n) is 5.11. The van der Waals surface area contributed by atoms with E-state index >= 15 is 0 Å². The lowest BCUT2D eigenvalue weighted by atomic mass is 10.2. The van der Waals surface area contributed by atoms with Gasteiger partial charge in [0, 0.05) is 17.7 Å². The van der Waals surface area contributed by atoms with Gasteiger partial charge in [-0.05, 0) is 18.2 Å². The standard InChI is InChI=1S/C16H8ClN3O4/c17-11-4-2-1-3-9(11)15-18-13-10-7-8(20(22)23)5-6-12(10)24-14(13)16(21)19-15/h1-7H,(H,18,19,21). The molecule has 7 nitrogen and oxygen atoms in total. The molecule has 0 saturated heterocycles. The number of nitro benzene ring substituents is 1. The van der Waals surface area contributed by atoms with Crippen molar-refractivity contribution in [2.75, 3.05) is 0 Å². The van der Waals surface area contributed by atoms with Crippen molar-refractivity contribution in [1.29, 1.82) is 0 Å². The van der Waals surface area contributed by atoms with E-state index in [2.05, 4.69) is 9.97 Å². The molecule has 0 spiro atoms. The van der Waals surface area contributed by atoms with Crippen LogP contribution in [0.5, 0.6) is 0 Å². The third-order valence-electron chi connectivity index (χ3n) is 3.65. The van der Waals surface area contributed by atoms with Gasteiger partial charge in [-0.25, -0.2) is 4.98 Å². The fraction of sp³-hybridized carbons (Fsp3) is 0. The van der Waals surface area contributed by atoms with Crippen molar-refractivity contribution in [1.82, 2.24) is 9.97 Å². The highest BCUT2D eigenvalue weighted by Crippen LogP contribution is 2.31. The number of fused-ring (bicyclic) bond motifs is 3. The van der Waals surface area contributed by atoms with Gasteiger partial charge in [0.25, 0.3) is 11.2 Å². The first kappa shape index (κ1) is 14.4. The van der Waals surface area contributed by atoms with Crippen LogP contribution in [0, 0.1) is 10.1 Å². The summed E-state index contributed by atoms with van der Waals surface area (Å²) in [6.45, 7) is 0. The molecule has 0 aliphatic carbocycles. The lowest BCUT2D eigenvalue weighted by Gasteiger charge is -2.02. The topological polar surface area (TPSA) is 102 Å². The molecular formula is C16H8ClN3O4. The number of aromatic amines is 1. The molecule has 0 saturated carbocycles. The Morgan fingerprint density at radius 1 is 1.21 bits per heavy atom. The molecule has 2 heterocycles. The van der Waals surface area contributed by atoms with E-state index < -0.39 is 10.5 Å². The summed E-state index contributed by atoms with van der Waals surface area (Å²) < 4.78 is 5.48. The molecule has 4 aromatic rings. The Morgan fingerprint density at radius 2 is 2.00 bits per heavy atom. The van der Waals surface area contributed by atoms with Crippen LogP contribution in [0.15, 0.2) is 51.7 Å². The number of hydrogen-bond donors (Lipinski definition) is 1. The predicted molar refractivity (Wildman–Crippen MR) is 89.2 cm³/mol. The van der Waals surface area contributed by atoms with Crippen molar-refractivity contribution in [3.8, 4) is 11.4 Å². The minimum absolute atomic E-state index is 0.0151. The molecule has 2 aromatic heterocycles. The average Bonchev–Trinajstić information content (AvgIpc) is 2.94. The molecule has 2 aromatic carbocycles. The third-order valence-corrected chi connectivity index (χ3v) is 3.98. The number of aromatic nitrogens is 2. The molecule has 0 unspecified atom stereocenters. The van der Waals surface area contributed by atoms with Gasteiger partial charge >= 0.3 is 0 Å². The summed E-state index contributed by atoms with van der Waals surface area (Å²) in [5, 5.41) is 11.8. The van der Waals surface area contributed by atoms with Crippen LogP contribution in [0.25, 0.3) is 33.5 Å². The Morgan fingerprint density at radius 3 is 2.75 bits per heavy atom. The highest BCUT2D eigenvalue weighted by atomic mass is 35.5. The molecule has 118 valence electrons. The molecule has 0 amide bonds. The Labute approximate surface area is 138 Å². The summed E-state index contributed by atoms with van der Waals surface area (Å²) in [6.07, 6.45) is 0. The van der Waals surface area contributed by atoms with Crippen molar-refractivity contribution in [3.63, 3.8) is 0 Å². The van der Waals surface area contributed by atoms with Crippen LogP contribution in [0.2, 0.25) is 5.02 Å². The Kier molecular flexibility index (Phi) is 3.10. The highest BCUT2D eigenvalue weighted by molar-refractivity contribution is 6.33. The van der Waals surface area contributed by atoms with E-state index in [1.807, 2.05) is 0 Å². The number of nitro groups is 1. The third kappa shape index (κ3) is 2.14. The van der Waals surface area contributed by atoms with Gasteiger partial charge in [0.1, 0.15) is 16.9 Å². The number of nitrogens with one attached hydrogen (secondary N) is 1. The summed E-state index contributed by atoms with van der Waals surface area (Å²) in [7, 11) is 0. The van der Waals surface area contributed by atoms with Crippen LogP contribution >= 0.6 is 11.6 Å². The first-order valence-electron chi connectivity index (χ1n) is 6.90. The van der Waals surface area contributed by atoms with Crippen molar-refractivity contribution in [2.45, 2.75) is 0 Å². The number of non-ortho nitro benzene ring substituents is 1. The quantitative estimate of drug-likeness (QED) is 0.440. The van der Waals surface area contributed by atoms with Crippen LogP contribution in [0.4, 0.5) is 5.69 Å². The van der Waals surface area contributed by atoms with Gasteiger partial charge in [-0.3, -0.25) is 14.9 Å². The molecule has 0 fully saturated rings. The smallest absolute Gasteiger partial charge is 0.294 e. The summed E-state index contributed by atoms with van der Waals surface area (Å²) in [5.41, 5.74) is 0.594. The minimum Gasteiger partial charge on any atom is -0.448 e. The summed E-state index contributed by atoms with van der Waals surface area (Å²) in [6, 6.07) is 11.0. The molecule has 0 aliphatic rings. The van der Waals surface area contributed by atoms with Gasteiger partial charge in [-0.1, -0.05) is 23.7 Å². The average molecular weight is 342 g/mol. The van der Waals surface area contributed by atoms with Crippen molar-refractivity contribution in [3.05, 3.63) is 68.0 Å². The molecule has 4 rings (SSSR count). The molecule has 0 bridgehead atoms. The molecule has 24 heavy (non-hydrogen) atoms. The molecule has 0 aliphatic heterocycles. The van der Waals surface area contributed by atoms with Crippen molar-refractivity contribution >= 4 is 39.4 Å². The van der Waals surface area contributed by atoms with Crippen LogP contribution in [-0.4, -0.2) is 14.9 Å². The molecule has 1 N–H and O–H groups in total. The van der Waals surface area contributed by atoms with Crippen LogP contribution in [0.1, 0.15) is 0 Å². The largest absolute Gasteiger partial charge is 0.448 e. The maximum absolute atomic E-state index is 12.3. The lowest BCUT2D eigenvalue weighted by Crippen LogP contribution is -2.08. The van der Waals surface area contributed by atoms with Gasteiger partial charge in [0.05, 0.1) is 15.3 Å². The maximum atomic E-state index is 12.3. The summed E-state index contributed by atoms with van der Waals surface area (Å²) in [4.78, 5) is 29.8. The zero-order valence-electron chi connectivity index (χ0n) is 11.9. The number of rotatable bonds is 2. The number of H-pyrrole nitrogens is 1. The minimum atomic E-state index is -0.513. The van der Waals surface area contributed by atoms with E-state index in [0.29, 0.717) is 21.6 Å². The monoisotopic (exact) mass is 341 g/mol. The Balaban J connectivity index is 2.08. The van der Waals surface area contributed by atoms with E-state index in [-0.39, 0.29) is 22.6 Å². The second kappa shape index (κ2) is 5.17. The number of hydrogen-bond acceptors (Lipinski definition) is 5. The van der Waals surface area contributed by atoms with E-state index in [4.69, 9.17) is 16.0 Å². The normalized spacial score (nSPS) is 11.2. The fourth-order valence-electron chi connectivity index (χ4n) is 2.54. The molecular weight excluding hydrogens is 334 g/mol. The van der Waals surface area contributed by atoms with Gasteiger partial charge in [-0.2, -0.15) is 0 Å². The van der Waals surface area contributed by atoms with Crippen LogP contribution in [-0.2, 0) is 0 Å². The van der Waals surface area contributed by atoms with E-state index in [1.54, 1.807) is 24.3 Å². The van der Waals surface area contributed by atoms with E-state index in [0.717, 1.165) is 0 Å². The Bertz CT molecular complexity index is 1180. The van der Waals surface area contributed by atoms with E-state index in [1.165, 1.54) is 18.2 Å². The van der Waals surface area contributed by atoms with Crippen LogP contribution in [0.3, 0.4) is 0 Å². The first-order valence-corrected chi connectivity index (χ1v) is 7.28. The maximum Gasteiger partial charge on any atom is 0.294 e. The Hall–Kier alpha value is -3.19. The van der Waals surface area contributed by atoms with Gasteiger partial charge in [-0.15, -0.1) is 0 Å². The zero-order chi connectivity index (χ0) is 16.8. The van der Waals surface area contributed by atoms with Gasteiger partial charge < -0.3 is 9.40 Å². The molecule has 0 atom stereocenters. The fourth-order valence-corrected chi connectivity index (χ4v) is 2.76. The number of halogens is 1. The SMILES string of the molecule is O=c1[nH]c(-c2ccccc2Cl)nc2c1oc1ccc([N+](=O)[O-])cc12. The van der Waals surface area contributed by atoms with Gasteiger partial charge in [0.15, 0.2) is 0 Å². The lowest BCUT2D eigenvalue weighted by molar-refractivity contribution is -0.384. The first-order chi connectivity index (χ1) is 11.5. The van der Waals surface area contributed by atoms with Crippen molar-refractivity contribution < 1.29 is 9.34 Å². The van der Waals surface area contributed by atoms with Gasteiger partial charge in [0.2, 0.25) is 5.58 Å². The zero-order valence-corrected chi connectivity index (χ0v) is 12.7. The number of furan rings is 1. The van der Waals surface area contributed by atoms with Crippen molar-refractivity contribution in [2.24, 2.45) is 0 Å². The van der Waals surface area contributed by atoms with Crippen LogP contribution < -0.4 is 5.56 Å². The number of nitrogens with zero attached hydrogens (tertiary/aromatic N) is 2. The molecule has 8 heteroatoms. The summed E-state index contributed by atoms with van der Waals surface area (Å²) >= 11 is 6.15. The predicted octanol–water partition coefficient (Wildman–Crippen LogP) is 3.90. The summed E-state index contributed by atoms with van der Waals surface area (Å²) in [5.74, 6) is 0.271.